The molecule has 0 unspecified atom stereocenters. The molecule has 1 aliphatic rings. The van der Waals surface area contributed by atoms with Crippen LogP contribution in [0.3, 0.4) is 0 Å². The number of aromatic nitrogens is 1. The fourth-order valence-electron chi connectivity index (χ4n) is 3.64. The number of pyridine rings is 1. The lowest BCUT2D eigenvalue weighted by molar-refractivity contribution is 0.0999. The number of carbonyl (C=O) groups excluding carboxylic acids is 1. The first-order chi connectivity index (χ1) is 13.3. The van der Waals surface area contributed by atoms with Crippen molar-refractivity contribution in [1.29, 1.82) is 0 Å². The second-order valence-corrected chi connectivity index (χ2v) is 7.65. The minimum atomic E-state index is -1.07. The smallest absolute Gasteiger partial charge is 0.322 e. The second-order valence-electron chi connectivity index (χ2n) is 7.24. The second kappa shape index (κ2) is 8.24. The largest absolute Gasteiger partial charge is 0.490 e. The SMILES string of the molecule is CC(C)C[C@H]1Cc2cc(OCCO)c(Cl)cc2-c2cc(=O)c(C(=O)N=O)cn21. The van der Waals surface area contributed by atoms with Crippen LogP contribution in [-0.4, -0.2) is 28.8 Å². The lowest BCUT2D eigenvalue weighted by Crippen LogP contribution is -2.26. The summed E-state index contributed by atoms with van der Waals surface area (Å²) in [4.78, 5) is 34.8. The van der Waals surface area contributed by atoms with Crippen molar-refractivity contribution in [1.82, 2.24) is 4.57 Å². The van der Waals surface area contributed by atoms with Crippen LogP contribution in [0.5, 0.6) is 5.75 Å². The number of benzene rings is 1. The summed E-state index contributed by atoms with van der Waals surface area (Å²) in [5, 5.41) is 11.7. The van der Waals surface area contributed by atoms with E-state index in [4.69, 9.17) is 21.4 Å². The molecule has 0 aliphatic carbocycles. The highest BCUT2D eigenvalue weighted by Crippen LogP contribution is 2.41. The van der Waals surface area contributed by atoms with Crippen molar-refractivity contribution in [3.05, 3.63) is 55.7 Å². The van der Waals surface area contributed by atoms with Gasteiger partial charge in [0, 0.05) is 29.0 Å². The Kier molecular flexibility index (Phi) is 5.96. The van der Waals surface area contributed by atoms with Crippen molar-refractivity contribution < 1.29 is 14.6 Å². The van der Waals surface area contributed by atoms with Crippen LogP contribution in [0.2, 0.25) is 5.02 Å². The average molecular weight is 405 g/mol. The molecule has 0 fully saturated rings. The Balaban J connectivity index is 2.18. The third-order valence-electron chi connectivity index (χ3n) is 4.77. The molecule has 7 nitrogen and oxygen atoms in total. The van der Waals surface area contributed by atoms with Gasteiger partial charge in [0.2, 0.25) is 0 Å². The van der Waals surface area contributed by atoms with Gasteiger partial charge in [0.1, 0.15) is 17.9 Å². The Morgan fingerprint density at radius 1 is 1.39 bits per heavy atom. The summed E-state index contributed by atoms with van der Waals surface area (Å²) in [6, 6.07) is 4.91. The molecule has 1 aliphatic heterocycles. The summed E-state index contributed by atoms with van der Waals surface area (Å²) in [6.45, 7) is 4.19. The van der Waals surface area contributed by atoms with Crippen LogP contribution in [0.1, 0.15) is 42.2 Å². The van der Waals surface area contributed by atoms with E-state index in [9.17, 15) is 14.5 Å². The normalized spacial score (nSPS) is 15.1. The van der Waals surface area contributed by atoms with Crippen LogP contribution in [0.25, 0.3) is 11.3 Å². The van der Waals surface area contributed by atoms with Crippen molar-refractivity contribution in [3.63, 3.8) is 0 Å². The third kappa shape index (κ3) is 3.86. The van der Waals surface area contributed by atoms with Gasteiger partial charge in [-0.25, -0.2) is 0 Å². The molecule has 0 bridgehead atoms. The topological polar surface area (TPSA) is 98.0 Å². The van der Waals surface area contributed by atoms with E-state index in [1.54, 1.807) is 6.07 Å². The van der Waals surface area contributed by atoms with Gasteiger partial charge in [-0.05, 0) is 36.5 Å². The Morgan fingerprint density at radius 2 is 2.14 bits per heavy atom. The van der Waals surface area contributed by atoms with Gasteiger partial charge in [-0.1, -0.05) is 25.4 Å². The van der Waals surface area contributed by atoms with Gasteiger partial charge in [-0.3, -0.25) is 9.59 Å². The maximum absolute atomic E-state index is 12.4. The summed E-state index contributed by atoms with van der Waals surface area (Å²) in [6.07, 6.45) is 2.90. The van der Waals surface area contributed by atoms with E-state index in [1.165, 1.54) is 12.3 Å². The quantitative estimate of drug-likeness (QED) is 0.742. The number of carbonyl (C=O) groups is 1. The first-order valence-electron chi connectivity index (χ1n) is 9.06. The van der Waals surface area contributed by atoms with E-state index in [0.717, 1.165) is 17.5 Å². The Morgan fingerprint density at radius 3 is 2.79 bits per heavy atom. The van der Waals surface area contributed by atoms with Gasteiger partial charge in [-0.15, -0.1) is 4.91 Å². The Labute approximate surface area is 166 Å². The van der Waals surface area contributed by atoms with Crippen LogP contribution in [-0.2, 0) is 6.42 Å². The van der Waals surface area contributed by atoms with Gasteiger partial charge in [-0.2, -0.15) is 0 Å². The Bertz CT molecular complexity index is 983. The zero-order valence-electron chi connectivity index (χ0n) is 15.6. The van der Waals surface area contributed by atoms with Gasteiger partial charge in [0.15, 0.2) is 5.43 Å². The number of amides is 1. The molecule has 0 radical (unpaired) electrons. The average Bonchev–Trinajstić information content (AvgIpc) is 2.65. The zero-order chi connectivity index (χ0) is 20.4. The number of halogens is 1. The number of nitroso groups, excluding NO2 is 1. The molecular weight excluding hydrogens is 384 g/mol. The molecule has 0 saturated heterocycles. The van der Waals surface area contributed by atoms with Crippen LogP contribution in [0.15, 0.2) is 34.4 Å². The summed E-state index contributed by atoms with van der Waals surface area (Å²) in [5.41, 5.74) is 1.59. The molecule has 3 rings (SSSR count). The highest BCUT2D eigenvalue weighted by molar-refractivity contribution is 6.32. The number of aliphatic hydroxyl groups is 1. The van der Waals surface area contributed by atoms with E-state index in [-0.39, 0.29) is 24.8 Å². The monoisotopic (exact) mass is 404 g/mol. The van der Waals surface area contributed by atoms with Crippen molar-refractivity contribution in [3.8, 4) is 17.0 Å². The number of hydrogen-bond acceptors (Lipinski definition) is 5. The fraction of sp³-hybridized carbons (Fsp3) is 0.400. The van der Waals surface area contributed by atoms with Crippen LogP contribution in [0, 0.1) is 10.8 Å². The van der Waals surface area contributed by atoms with E-state index < -0.39 is 11.3 Å². The van der Waals surface area contributed by atoms with E-state index in [2.05, 4.69) is 19.0 Å². The van der Waals surface area contributed by atoms with E-state index in [1.807, 2.05) is 10.6 Å². The minimum Gasteiger partial charge on any atom is -0.490 e. The minimum absolute atomic E-state index is 0.00632. The van der Waals surface area contributed by atoms with Gasteiger partial charge < -0.3 is 14.4 Å². The molecule has 1 aromatic carbocycles. The highest BCUT2D eigenvalue weighted by Gasteiger charge is 2.28. The number of nitrogens with zero attached hydrogens (tertiary/aromatic N) is 2. The number of aliphatic hydroxyl groups excluding tert-OH is 1. The van der Waals surface area contributed by atoms with Crippen molar-refractivity contribution in [2.45, 2.75) is 32.7 Å². The zero-order valence-corrected chi connectivity index (χ0v) is 16.4. The highest BCUT2D eigenvalue weighted by atomic mass is 35.5. The molecule has 1 N–H and O–H groups in total. The third-order valence-corrected chi connectivity index (χ3v) is 5.06. The van der Waals surface area contributed by atoms with Gasteiger partial charge in [0.25, 0.3) is 0 Å². The summed E-state index contributed by atoms with van der Waals surface area (Å²) in [7, 11) is 0. The lowest BCUT2D eigenvalue weighted by atomic mass is 9.88. The molecule has 0 spiro atoms. The predicted octanol–water partition coefficient (Wildman–Crippen LogP) is 3.59. The predicted molar refractivity (Wildman–Crippen MR) is 106 cm³/mol. The number of fused-ring (bicyclic) bond motifs is 3. The molecule has 0 saturated carbocycles. The summed E-state index contributed by atoms with van der Waals surface area (Å²) in [5.74, 6) is -0.217. The fourth-order valence-corrected chi connectivity index (χ4v) is 3.86. The van der Waals surface area contributed by atoms with Crippen molar-refractivity contribution in [2.24, 2.45) is 11.1 Å². The van der Waals surface area contributed by atoms with Crippen molar-refractivity contribution in [2.75, 3.05) is 13.2 Å². The maximum Gasteiger partial charge on any atom is 0.322 e. The Hall–Kier alpha value is -2.51. The first-order valence-corrected chi connectivity index (χ1v) is 9.43. The molecule has 2 heterocycles. The number of rotatable bonds is 6. The van der Waals surface area contributed by atoms with E-state index in [0.29, 0.717) is 28.8 Å². The number of ether oxygens (including phenoxy) is 1. The van der Waals surface area contributed by atoms with Crippen molar-refractivity contribution >= 4 is 17.5 Å². The number of hydrogen-bond donors (Lipinski definition) is 1. The first kappa shape index (κ1) is 20.2. The van der Waals surface area contributed by atoms with Gasteiger partial charge >= 0.3 is 5.91 Å². The van der Waals surface area contributed by atoms with Crippen LogP contribution < -0.4 is 10.2 Å². The van der Waals surface area contributed by atoms with Crippen LogP contribution in [0.4, 0.5) is 0 Å². The molecule has 1 aromatic heterocycles. The molecule has 2 aromatic rings. The maximum atomic E-state index is 12.4. The molecule has 8 heteroatoms. The molecule has 28 heavy (non-hydrogen) atoms. The van der Waals surface area contributed by atoms with Gasteiger partial charge in [0.05, 0.1) is 17.3 Å². The molecule has 1 amide bonds. The molecular formula is C20H21ClN2O5. The molecule has 148 valence electrons. The standard InChI is InChI=1S/C20H21ClN2O5/c1-11(2)5-13-6-12-7-19(28-4-3-24)16(21)8-14(12)17-9-18(25)15(10-23(13)17)20(26)22-27/h7-11,13,24H,3-6H2,1-2H3/t13-/m0/s1. The van der Waals surface area contributed by atoms with Crippen LogP contribution >= 0.6 is 11.6 Å². The summed E-state index contributed by atoms with van der Waals surface area (Å²) < 4.78 is 7.37. The van der Waals surface area contributed by atoms with E-state index >= 15 is 0 Å². The molecule has 1 atom stereocenters. The lowest BCUT2D eigenvalue weighted by Gasteiger charge is -2.32. The summed E-state index contributed by atoms with van der Waals surface area (Å²) >= 11 is 6.32.